The van der Waals surface area contributed by atoms with Gasteiger partial charge in [-0.3, -0.25) is 0 Å². The van der Waals surface area contributed by atoms with E-state index < -0.39 is 14.7 Å². The summed E-state index contributed by atoms with van der Waals surface area (Å²) in [6.07, 6.45) is 0. The molecule has 0 amide bonds. The van der Waals surface area contributed by atoms with Gasteiger partial charge in [-0.2, -0.15) is 0 Å². The Morgan fingerprint density at radius 1 is 1.33 bits per heavy atom. The molecule has 0 atom stereocenters. The van der Waals surface area contributed by atoms with Crippen LogP contribution in [0.2, 0.25) is 0 Å². The zero-order valence-corrected chi connectivity index (χ0v) is 9.45. The van der Waals surface area contributed by atoms with E-state index in [1.165, 1.54) is 0 Å². The summed E-state index contributed by atoms with van der Waals surface area (Å²) in [6.45, 7) is 0. The van der Waals surface area contributed by atoms with Crippen LogP contribution in [0.4, 0.5) is 0 Å². The maximum atomic E-state index is 10.8. The largest absolute Gasteiger partial charge is 1.00 e. The van der Waals surface area contributed by atoms with Gasteiger partial charge >= 0.3 is 44.2 Å². The SMILES string of the molecule is O=POC(=O)c1ccccc1.[H-].[Na+]. The molecule has 3 nitrogen and oxygen atoms in total. The Morgan fingerprint density at radius 3 is 2.42 bits per heavy atom. The molecule has 0 spiro atoms. The van der Waals surface area contributed by atoms with E-state index in [-0.39, 0.29) is 31.0 Å². The van der Waals surface area contributed by atoms with Gasteiger partial charge in [0.25, 0.3) is 0 Å². The first kappa shape index (κ1) is 11.8. The summed E-state index contributed by atoms with van der Waals surface area (Å²) < 4.78 is 14.0. The fourth-order valence-electron chi connectivity index (χ4n) is 0.661. The van der Waals surface area contributed by atoms with Crippen LogP contribution in [-0.2, 0) is 9.09 Å². The van der Waals surface area contributed by atoms with Crippen molar-refractivity contribution in [2.45, 2.75) is 0 Å². The van der Waals surface area contributed by atoms with Crippen molar-refractivity contribution in [2.75, 3.05) is 0 Å². The third-order valence-corrected chi connectivity index (χ3v) is 1.37. The maximum absolute atomic E-state index is 10.8. The molecule has 0 saturated carbocycles. The van der Waals surface area contributed by atoms with Crippen LogP contribution in [0.1, 0.15) is 11.8 Å². The van der Waals surface area contributed by atoms with Crippen molar-refractivity contribution in [3.8, 4) is 0 Å². The van der Waals surface area contributed by atoms with E-state index in [4.69, 9.17) is 0 Å². The number of carbonyl (C=O) groups is 1. The van der Waals surface area contributed by atoms with Crippen LogP contribution in [0.5, 0.6) is 0 Å². The molecule has 0 heterocycles. The minimum absolute atomic E-state index is 0. The molecular weight excluding hydrogens is 186 g/mol. The molecule has 0 radical (unpaired) electrons. The van der Waals surface area contributed by atoms with Crippen LogP contribution in [0.15, 0.2) is 30.3 Å². The fourth-order valence-corrected chi connectivity index (χ4v) is 0.834. The van der Waals surface area contributed by atoms with Crippen molar-refractivity contribution >= 4 is 14.7 Å². The van der Waals surface area contributed by atoms with Gasteiger partial charge in [-0.25, -0.2) is 9.36 Å². The maximum Gasteiger partial charge on any atom is 1.00 e. The number of hydrogen-bond donors (Lipinski definition) is 0. The van der Waals surface area contributed by atoms with Gasteiger partial charge in [-0.15, -0.1) is 0 Å². The molecule has 0 aliphatic heterocycles. The molecule has 0 aromatic heterocycles. The molecule has 1 aromatic carbocycles. The van der Waals surface area contributed by atoms with E-state index in [0.717, 1.165) is 0 Å². The van der Waals surface area contributed by atoms with Crippen LogP contribution in [0.25, 0.3) is 0 Å². The summed E-state index contributed by atoms with van der Waals surface area (Å²) in [7, 11) is -0.615. The third-order valence-electron chi connectivity index (χ3n) is 1.13. The van der Waals surface area contributed by atoms with Crippen LogP contribution >= 0.6 is 8.69 Å². The average Bonchev–Trinajstić information content (AvgIpc) is 2.07. The number of benzene rings is 1. The molecule has 0 aliphatic rings. The van der Waals surface area contributed by atoms with Gasteiger partial charge in [0.1, 0.15) is 0 Å². The van der Waals surface area contributed by atoms with E-state index in [1.54, 1.807) is 30.3 Å². The van der Waals surface area contributed by atoms with Crippen molar-refractivity contribution in [3.05, 3.63) is 35.9 Å². The monoisotopic (exact) mass is 192 g/mol. The summed E-state index contributed by atoms with van der Waals surface area (Å²) in [4.78, 5) is 10.8. The van der Waals surface area contributed by atoms with Crippen LogP contribution < -0.4 is 29.6 Å². The first-order valence-corrected chi connectivity index (χ1v) is 3.66. The van der Waals surface area contributed by atoms with Gasteiger partial charge in [-0.1, -0.05) is 18.2 Å². The Kier molecular flexibility index (Phi) is 6.21. The zero-order valence-electron chi connectivity index (χ0n) is 7.56. The normalized spacial score (nSPS) is 8.67. The molecule has 0 N–H and O–H groups in total. The van der Waals surface area contributed by atoms with E-state index in [9.17, 15) is 9.36 Å². The van der Waals surface area contributed by atoms with E-state index in [2.05, 4.69) is 4.52 Å². The first-order valence-electron chi connectivity index (χ1n) is 2.93. The zero-order chi connectivity index (χ0) is 8.10. The van der Waals surface area contributed by atoms with Gasteiger partial charge in [-0.05, 0) is 12.1 Å². The van der Waals surface area contributed by atoms with Crippen LogP contribution in [0, 0.1) is 0 Å². The summed E-state index contributed by atoms with van der Waals surface area (Å²) in [5.41, 5.74) is 0.399. The molecule has 1 rings (SSSR count). The predicted molar refractivity (Wildman–Crippen MR) is 40.6 cm³/mol. The summed E-state index contributed by atoms with van der Waals surface area (Å²) in [5.74, 6) is -0.581. The van der Waals surface area contributed by atoms with Crippen LogP contribution in [-0.4, -0.2) is 5.97 Å². The van der Waals surface area contributed by atoms with Gasteiger partial charge in [0.2, 0.25) is 0 Å². The van der Waals surface area contributed by atoms with Crippen molar-refractivity contribution in [1.82, 2.24) is 0 Å². The minimum Gasteiger partial charge on any atom is -1.00 e. The van der Waals surface area contributed by atoms with Gasteiger partial charge < -0.3 is 5.95 Å². The average molecular weight is 192 g/mol. The molecule has 0 aliphatic carbocycles. The Labute approximate surface area is 95.2 Å². The smallest absolute Gasteiger partial charge is 1.00 e. The third kappa shape index (κ3) is 3.46. The van der Waals surface area contributed by atoms with Gasteiger partial charge in [0.05, 0.1) is 5.56 Å². The molecule has 1 aromatic rings. The Bertz CT molecular complexity index is 268. The predicted octanol–water partition coefficient (Wildman–Crippen LogP) is -0.833. The van der Waals surface area contributed by atoms with Gasteiger partial charge in [0, 0.05) is 0 Å². The molecular formula is C7H6NaO3P. The second-order valence-electron chi connectivity index (χ2n) is 1.82. The summed E-state index contributed by atoms with van der Waals surface area (Å²) in [6, 6.07) is 8.38. The molecule has 12 heavy (non-hydrogen) atoms. The summed E-state index contributed by atoms with van der Waals surface area (Å²) in [5, 5.41) is 0. The second kappa shape index (κ2) is 6.32. The van der Waals surface area contributed by atoms with Crippen molar-refractivity contribution in [1.29, 1.82) is 0 Å². The summed E-state index contributed by atoms with van der Waals surface area (Å²) >= 11 is 0. The molecule has 0 saturated heterocycles. The standard InChI is InChI=1S/C7H5O3P.Na.H/c8-7(10-11-9)6-4-2-1-3-5-6;;/h1-5H;;/q;+1;-1. The molecule has 0 unspecified atom stereocenters. The van der Waals surface area contributed by atoms with Crippen molar-refractivity contribution in [3.63, 3.8) is 0 Å². The van der Waals surface area contributed by atoms with Gasteiger partial charge in [0.15, 0.2) is 0 Å². The van der Waals surface area contributed by atoms with Crippen LogP contribution in [0.3, 0.4) is 0 Å². The molecule has 5 heteroatoms. The van der Waals surface area contributed by atoms with Crippen molar-refractivity contribution in [2.24, 2.45) is 0 Å². The topological polar surface area (TPSA) is 43.4 Å². The molecule has 58 valence electrons. The van der Waals surface area contributed by atoms with E-state index in [1.807, 2.05) is 0 Å². The Balaban J connectivity index is 0. The number of rotatable bonds is 2. The fraction of sp³-hybridized carbons (Fsp3) is 0. The molecule has 0 bridgehead atoms. The molecule has 0 fully saturated rings. The second-order valence-corrected chi connectivity index (χ2v) is 2.15. The van der Waals surface area contributed by atoms with E-state index >= 15 is 0 Å². The Hall–Kier alpha value is -0.210. The van der Waals surface area contributed by atoms with E-state index in [0.29, 0.717) is 5.56 Å². The first-order chi connectivity index (χ1) is 5.34. The quantitative estimate of drug-likeness (QED) is 0.453. The Morgan fingerprint density at radius 2 is 1.92 bits per heavy atom. The number of carbonyl (C=O) groups excluding carboxylic acids is 1. The van der Waals surface area contributed by atoms with Crippen molar-refractivity contribution < 1.29 is 44.9 Å². The minimum atomic E-state index is -0.615. The number of hydrogen-bond acceptors (Lipinski definition) is 3.